The number of aromatic nitrogens is 1. The van der Waals surface area contributed by atoms with E-state index in [4.69, 9.17) is 0 Å². The SMILES string of the molecule is CC(C)c1ccc(CCNC(=O)c2cccnc2)cc1. The van der Waals surface area contributed by atoms with Crippen LogP contribution in [0.1, 0.15) is 41.3 Å². The molecule has 0 aliphatic carbocycles. The Hall–Kier alpha value is -2.16. The number of amides is 1. The van der Waals surface area contributed by atoms with Gasteiger partial charge in [0, 0.05) is 18.9 Å². The van der Waals surface area contributed by atoms with Gasteiger partial charge in [-0.3, -0.25) is 9.78 Å². The molecule has 0 bridgehead atoms. The first-order valence-corrected chi connectivity index (χ1v) is 6.94. The second-order valence-electron chi connectivity index (χ2n) is 5.14. The molecule has 1 heterocycles. The van der Waals surface area contributed by atoms with Crippen LogP contribution in [0.15, 0.2) is 48.8 Å². The van der Waals surface area contributed by atoms with E-state index < -0.39 is 0 Å². The summed E-state index contributed by atoms with van der Waals surface area (Å²) in [5, 5.41) is 2.91. The number of hydrogen-bond donors (Lipinski definition) is 1. The summed E-state index contributed by atoms with van der Waals surface area (Å²) in [6.45, 7) is 5.00. The van der Waals surface area contributed by atoms with Crippen LogP contribution in [0.4, 0.5) is 0 Å². The first-order chi connectivity index (χ1) is 9.66. The lowest BCUT2D eigenvalue weighted by Crippen LogP contribution is -2.25. The third-order valence-electron chi connectivity index (χ3n) is 3.27. The number of hydrogen-bond acceptors (Lipinski definition) is 2. The zero-order chi connectivity index (χ0) is 14.4. The van der Waals surface area contributed by atoms with E-state index in [9.17, 15) is 4.79 Å². The molecule has 2 aromatic rings. The molecule has 0 fully saturated rings. The molecule has 0 radical (unpaired) electrons. The fourth-order valence-corrected chi connectivity index (χ4v) is 1.99. The molecule has 3 heteroatoms. The van der Waals surface area contributed by atoms with Gasteiger partial charge >= 0.3 is 0 Å². The summed E-state index contributed by atoms with van der Waals surface area (Å²) >= 11 is 0. The molecule has 0 aliphatic heterocycles. The van der Waals surface area contributed by atoms with Gasteiger partial charge in [-0.05, 0) is 35.6 Å². The van der Waals surface area contributed by atoms with Crippen LogP contribution in [0.2, 0.25) is 0 Å². The predicted molar refractivity (Wildman–Crippen MR) is 80.8 cm³/mol. The Kier molecular flexibility index (Phi) is 4.88. The van der Waals surface area contributed by atoms with Gasteiger partial charge in [-0.2, -0.15) is 0 Å². The van der Waals surface area contributed by atoms with Crippen molar-refractivity contribution in [1.82, 2.24) is 10.3 Å². The molecule has 1 aromatic heterocycles. The van der Waals surface area contributed by atoms with Crippen LogP contribution >= 0.6 is 0 Å². The molecule has 0 aliphatic rings. The number of benzene rings is 1. The van der Waals surface area contributed by atoms with Gasteiger partial charge in [0.2, 0.25) is 0 Å². The Morgan fingerprint density at radius 1 is 1.20 bits per heavy atom. The van der Waals surface area contributed by atoms with Gasteiger partial charge in [-0.15, -0.1) is 0 Å². The Morgan fingerprint density at radius 3 is 2.55 bits per heavy atom. The average Bonchev–Trinajstić information content (AvgIpc) is 2.48. The van der Waals surface area contributed by atoms with Crippen LogP contribution in [0.5, 0.6) is 0 Å². The first kappa shape index (κ1) is 14.3. The molecule has 3 nitrogen and oxygen atoms in total. The minimum Gasteiger partial charge on any atom is -0.352 e. The first-order valence-electron chi connectivity index (χ1n) is 6.94. The van der Waals surface area contributed by atoms with E-state index in [1.807, 2.05) is 0 Å². The van der Waals surface area contributed by atoms with E-state index in [0.717, 1.165) is 6.42 Å². The smallest absolute Gasteiger partial charge is 0.252 e. The van der Waals surface area contributed by atoms with Crippen molar-refractivity contribution in [1.29, 1.82) is 0 Å². The molecule has 1 aromatic carbocycles. The molecule has 1 N–H and O–H groups in total. The topological polar surface area (TPSA) is 42.0 Å². The zero-order valence-electron chi connectivity index (χ0n) is 12.0. The maximum atomic E-state index is 11.8. The normalized spacial score (nSPS) is 10.6. The Labute approximate surface area is 120 Å². The fraction of sp³-hybridized carbons (Fsp3) is 0.294. The average molecular weight is 268 g/mol. The summed E-state index contributed by atoms with van der Waals surface area (Å²) in [5.74, 6) is 0.478. The van der Waals surface area contributed by atoms with Crippen LogP contribution in [0.25, 0.3) is 0 Å². The lowest BCUT2D eigenvalue weighted by Gasteiger charge is -2.08. The lowest BCUT2D eigenvalue weighted by atomic mass is 10.0. The molecule has 0 spiro atoms. The van der Waals surface area contributed by atoms with Gasteiger partial charge in [0.1, 0.15) is 0 Å². The monoisotopic (exact) mass is 268 g/mol. The molecule has 0 atom stereocenters. The molecule has 20 heavy (non-hydrogen) atoms. The largest absolute Gasteiger partial charge is 0.352 e. The standard InChI is InChI=1S/C17H20N2O/c1-13(2)15-7-5-14(6-8-15)9-11-19-17(20)16-4-3-10-18-12-16/h3-8,10,12-13H,9,11H2,1-2H3,(H,19,20). The highest BCUT2D eigenvalue weighted by Gasteiger charge is 2.04. The van der Waals surface area contributed by atoms with Crippen LogP contribution in [0, 0.1) is 0 Å². The predicted octanol–water partition coefficient (Wildman–Crippen LogP) is 3.18. The second-order valence-corrected chi connectivity index (χ2v) is 5.14. The quantitative estimate of drug-likeness (QED) is 0.905. The van der Waals surface area contributed by atoms with E-state index in [-0.39, 0.29) is 5.91 Å². The number of rotatable bonds is 5. The van der Waals surface area contributed by atoms with Crippen molar-refractivity contribution < 1.29 is 4.79 Å². The van der Waals surface area contributed by atoms with Crippen LogP contribution in [-0.2, 0) is 6.42 Å². The molecular formula is C17H20N2O. The summed E-state index contributed by atoms with van der Waals surface area (Å²) in [5.41, 5.74) is 3.18. The molecule has 2 rings (SSSR count). The van der Waals surface area contributed by atoms with Crippen molar-refractivity contribution in [3.63, 3.8) is 0 Å². The number of carbonyl (C=O) groups excluding carboxylic acids is 1. The van der Waals surface area contributed by atoms with Crippen molar-refractivity contribution in [2.24, 2.45) is 0 Å². The molecule has 104 valence electrons. The van der Waals surface area contributed by atoms with Gasteiger partial charge in [0.25, 0.3) is 5.91 Å². The molecule has 0 saturated carbocycles. The summed E-state index contributed by atoms with van der Waals surface area (Å²) in [6.07, 6.45) is 4.07. The highest BCUT2D eigenvalue weighted by atomic mass is 16.1. The van der Waals surface area contributed by atoms with E-state index in [1.54, 1.807) is 24.5 Å². The minimum atomic E-state index is -0.0723. The fourth-order valence-electron chi connectivity index (χ4n) is 1.99. The maximum Gasteiger partial charge on any atom is 0.252 e. The minimum absolute atomic E-state index is 0.0723. The third-order valence-corrected chi connectivity index (χ3v) is 3.27. The third kappa shape index (κ3) is 3.92. The highest BCUT2D eigenvalue weighted by Crippen LogP contribution is 2.14. The van der Waals surface area contributed by atoms with Crippen molar-refractivity contribution in [2.75, 3.05) is 6.54 Å². The van der Waals surface area contributed by atoms with Crippen molar-refractivity contribution >= 4 is 5.91 Å². The summed E-state index contributed by atoms with van der Waals surface area (Å²) in [4.78, 5) is 15.8. The lowest BCUT2D eigenvalue weighted by molar-refractivity contribution is 0.0954. The van der Waals surface area contributed by atoms with Crippen molar-refractivity contribution in [3.05, 3.63) is 65.5 Å². The van der Waals surface area contributed by atoms with Crippen molar-refractivity contribution in [3.8, 4) is 0 Å². The van der Waals surface area contributed by atoms with Crippen LogP contribution in [0.3, 0.4) is 0 Å². The molecule has 1 amide bonds. The van der Waals surface area contributed by atoms with Gasteiger partial charge < -0.3 is 5.32 Å². The summed E-state index contributed by atoms with van der Waals surface area (Å²) < 4.78 is 0. The van der Waals surface area contributed by atoms with E-state index in [2.05, 4.69) is 48.4 Å². The number of carbonyl (C=O) groups is 1. The number of nitrogens with one attached hydrogen (secondary N) is 1. The van der Waals surface area contributed by atoms with E-state index >= 15 is 0 Å². The summed E-state index contributed by atoms with van der Waals surface area (Å²) in [6, 6.07) is 12.1. The zero-order valence-corrected chi connectivity index (χ0v) is 12.0. The van der Waals surface area contributed by atoms with E-state index in [1.165, 1.54) is 11.1 Å². The summed E-state index contributed by atoms with van der Waals surface area (Å²) in [7, 11) is 0. The Bertz CT molecular complexity index is 547. The Morgan fingerprint density at radius 2 is 1.95 bits per heavy atom. The molecular weight excluding hydrogens is 248 g/mol. The van der Waals surface area contributed by atoms with Gasteiger partial charge in [-0.25, -0.2) is 0 Å². The van der Waals surface area contributed by atoms with Gasteiger partial charge in [0.15, 0.2) is 0 Å². The second kappa shape index (κ2) is 6.85. The Balaban J connectivity index is 1.82. The highest BCUT2D eigenvalue weighted by molar-refractivity contribution is 5.93. The van der Waals surface area contributed by atoms with Gasteiger partial charge in [-0.1, -0.05) is 38.1 Å². The van der Waals surface area contributed by atoms with Crippen LogP contribution in [-0.4, -0.2) is 17.4 Å². The molecule has 0 saturated heterocycles. The number of pyridine rings is 1. The van der Waals surface area contributed by atoms with Crippen molar-refractivity contribution in [2.45, 2.75) is 26.2 Å². The number of nitrogens with zero attached hydrogens (tertiary/aromatic N) is 1. The maximum absolute atomic E-state index is 11.8. The van der Waals surface area contributed by atoms with Gasteiger partial charge in [0.05, 0.1) is 5.56 Å². The van der Waals surface area contributed by atoms with E-state index in [0.29, 0.717) is 18.0 Å². The van der Waals surface area contributed by atoms with Crippen LogP contribution < -0.4 is 5.32 Å². The molecule has 0 unspecified atom stereocenters.